The van der Waals surface area contributed by atoms with Gasteiger partial charge in [-0.05, 0) is 34.5 Å². The Balaban J connectivity index is 2.54. The zero-order valence-electron chi connectivity index (χ0n) is 7.44. The van der Waals surface area contributed by atoms with Crippen molar-refractivity contribution < 1.29 is 9.18 Å². The molecule has 0 amide bonds. The highest BCUT2D eigenvalue weighted by Crippen LogP contribution is 2.27. The molecule has 0 radical (unpaired) electrons. The zero-order chi connectivity index (χ0) is 10.1. The van der Waals surface area contributed by atoms with E-state index < -0.39 is 0 Å². The number of fused-ring (bicyclic) bond motifs is 1. The van der Waals surface area contributed by atoms with Crippen LogP contribution in [0.15, 0.2) is 16.6 Å². The summed E-state index contributed by atoms with van der Waals surface area (Å²) >= 11 is 3.07. The van der Waals surface area contributed by atoms with Gasteiger partial charge in [-0.3, -0.25) is 4.79 Å². The van der Waals surface area contributed by atoms with Gasteiger partial charge in [-0.25, -0.2) is 4.39 Å². The van der Waals surface area contributed by atoms with Crippen molar-refractivity contribution in [1.82, 2.24) is 0 Å². The van der Waals surface area contributed by atoms with Crippen LogP contribution in [0.4, 0.5) is 10.1 Å². The Bertz CT molecular complexity index is 392. The second-order valence-electron chi connectivity index (χ2n) is 3.27. The monoisotopic (exact) mass is 257 g/mol. The van der Waals surface area contributed by atoms with E-state index in [4.69, 9.17) is 0 Å². The number of ketones is 1. The first kappa shape index (κ1) is 9.65. The van der Waals surface area contributed by atoms with Crippen LogP contribution in [0.1, 0.15) is 23.2 Å². The number of anilines is 1. The summed E-state index contributed by atoms with van der Waals surface area (Å²) in [5.74, 6) is -0.267. The van der Waals surface area contributed by atoms with Crippen molar-refractivity contribution in [2.24, 2.45) is 0 Å². The van der Waals surface area contributed by atoms with E-state index in [-0.39, 0.29) is 11.6 Å². The Morgan fingerprint density at radius 2 is 2.21 bits per heavy atom. The van der Waals surface area contributed by atoms with Crippen LogP contribution in [0.25, 0.3) is 0 Å². The number of nitrogens with one attached hydrogen (secondary N) is 1. The molecular formula is C10H9BrFNO. The van der Waals surface area contributed by atoms with Gasteiger partial charge in [0.2, 0.25) is 0 Å². The van der Waals surface area contributed by atoms with Gasteiger partial charge >= 0.3 is 0 Å². The van der Waals surface area contributed by atoms with Gasteiger partial charge in [0.05, 0.1) is 4.47 Å². The molecule has 0 fully saturated rings. The molecule has 1 heterocycles. The minimum atomic E-state index is -0.342. The van der Waals surface area contributed by atoms with Crippen LogP contribution in [-0.2, 0) is 0 Å². The molecule has 1 aliphatic rings. The molecule has 0 unspecified atom stereocenters. The number of carbonyl (C=O) groups excluding carboxylic acids is 1. The van der Waals surface area contributed by atoms with E-state index >= 15 is 0 Å². The van der Waals surface area contributed by atoms with Crippen molar-refractivity contribution in [3.8, 4) is 0 Å². The Morgan fingerprint density at radius 3 is 3.00 bits per heavy atom. The van der Waals surface area contributed by atoms with Crippen molar-refractivity contribution in [1.29, 1.82) is 0 Å². The van der Waals surface area contributed by atoms with Crippen LogP contribution in [0.5, 0.6) is 0 Å². The number of halogens is 2. The Hall–Kier alpha value is -0.900. The quantitative estimate of drug-likeness (QED) is 0.775. The molecule has 0 aliphatic carbocycles. The first-order chi connectivity index (χ1) is 6.68. The van der Waals surface area contributed by atoms with Crippen molar-refractivity contribution in [2.75, 3.05) is 11.9 Å². The maximum atomic E-state index is 13.2. The molecule has 2 rings (SSSR count). The number of rotatable bonds is 0. The van der Waals surface area contributed by atoms with E-state index in [1.807, 2.05) is 0 Å². The van der Waals surface area contributed by atoms with Crippen molar-refractivity contribution in [3.63, 3.8) is 0 Å². The molecular weight excluding hydrogens is 249 g/mol. The van der Waals surface area contributed by atoms with E-state index in [9.17, 15) is 9.18 Å². The number of hydrogen-bond donors (Lipinski definition) is 1. The van der Waals surface area contributed by atoms with Gasteiger partial charge in [0, 0.05) is 24.2 Å². The Morgan fingerprint density at radius 1 is 1.43 bits per heavy atom. The van der Waals surface area contributed by atoms with Crippen LogP contribution in [0.2, 0.25) is 0 Å². The van der Waals surface area contributed by atoms with Gasteiger partial charge in [-0.1, -0.05) is 0 Å². The molecule has 0 atom stereocenters. The van der Waals surface area contributed by atoms with E-state index in [0.717, 1.165) is 13.0 Å². The maximum absolute atomic E-state index is 13.2. The highest BCUT2D eigenvalue weighted by molar-refractivity contribution is 9.10. The summed E-state index contributed by atoms with van der Waals surface area (Å²) in [6.07, 6.45) is 1.32. The first-order valence-electron chi connectivity index (χ1n) is 4.44. The molecule has 0 saturated heterocycles. The summed E-state index contributed by atoms with van der Waals surface area (Å²) in [5, 5.41) is 3.04. The third-order valence-corrected chi connectivity index (χ3v) is 2.86. The van der Waals surface area contributed by atoms with Gasteiger partial charge in [0.15, 0.2) is 5.78 Å². The predicted octanol–water partition coefficient (Wildman–Crippen LogP) is 2.98. The van der Waals surface area contributed by atoms with Gasteiger partial charge in [-0.2, -0.15) is 0 Å². The molecule has 4 heteroatoms. The van der Waals surface area contributed by atoms with E-state index in [0.29, 0.717) is 22.1 Å². The van der Waals surface area contributed by atoms with Crippen LogP contribution < -0.4 is 5.32 Å². The first-order valence-corrected chi connectivity index (χ1v) is 5.24. The molecule has 0 saturated carbocycles. The van der Waals surface area contributed by atoms with Gasteiger partial charge < -0.3 is 5.32 Å². The van der Waals surface area contributed by atoms with Gasteiger partial charge in [0.1, 0.15) is 5.82 Å². The lowest BCUT2D eigenvalue weighted by atomic mass is 10.1. The second kappa shape index (κ2) is 3.69. The zero-order valence-corrected chi connectivity index (χ0v) is 9.03. The average molecular weight is 258 g/mol. The largest absolute Gasteiger partial charge is 0.384 e. The van der Waals surface area contributed by atoms with Crippen molar-refractivity contribution >= 4 is 27.4 Å². The van der Waals surface area contributed by atoms with Gasteiger partial charge in [0.25, 0.3) is 0 Å². The lowest BCUT2D eigenvalue weighted by Gasteiger charge is -2.07. The van der Waals surface area contributed by atoms with Crippen LogP contribution >= 0.6 is 15.9 Å². The van der Waals surface area contributed by atoms with Crippen LogP contribution in [0, 0.1) is 5.82 Å². The highest BCUT2D eigenvalue weighted by atomic mass is 79.9. The van der Waals surface area contributed by atoms with Crippen molar-refractivity contribution in [2.45, 2.75) is 12.8 Å². The summed E-state index contributed by atoms with van der Waals surface area (Å²) in [5.41, 5.74) is 1.18. The summed E-state index contributed by atoms with van der Waals surface area (Å²) in [6, 6.07) is 2.91. The normalized spacial score (nSPS) is 15.7. The lowest BCUT2D eigenvalue weighted by molar-refractivity contribution is 0.0983. The number of benzene rings is 1. The minimum Gasteiger partial charge on any atom is -0.384 e. The predicted molar refractivity (Wildman–Crippen MR) is 56.2 cm³/mol. The van der Waals surface area contributed by atoms with E-state index in [1.54, 1.807) is 6.07 Å². The molecule has 0 spiro atoms. The molecule has 1 aromatic carbocycles. The average Bonchev–Trinajstić information content (AvgIpc) is 2.31. The molecule has 2 nitrogen and oxygen atoms in total. The Kier molecular flexibility index (Phi) is 2.54. The van der Waals surface area contributed by atoms with E-state index in [1.165, 1.54) is 6.07 Å². The summed E-state index contributed by atoms with van der Waals surface area (Å²) in [6.45, 7) is 0.722. The fourth-order valence-corrected chi connectivity index (χ4v) is 1.87. The third kappa shape index (κ3) is 1.66. The number of Topliss-reactive ketones (excluding diaryl/α,β-unsaturated/α-hetero) is 1. The number of hydrogen-bond acceptors (Lipinski definition) is 2. The summed E-state index contributed by atoms with van der Waals surface area (Å²) in [4.78, 5) is 11.6. The SMILES string of the molecule is O=C1CCCNc2cc(F)c(Br)cc21. The van der Waals surface area contributed by atoms with Gasteiger partial charge in [-0.15, -0.1) is 0 Å². The molecule has 1 aliphatic heterocycles. The van der Waals surface area contributed by atoms with E-state index in [2.05, 4.69) is 21.2 Å². The minimum absolute atomic E-state index is 0.0747. The summed E-state index contributed by atoms with van der Waals surface area (Å²) < 4.78 is 13.5. The fraction of sp³-hybridized carbons (Fsp3) is 0.300. The van der Waals surface area contributed by atoms with Crippen LogP contribution in [0.3, 0.4) is 0 Å². The topological polar surface area (TPSA) is 29.1 Å². The Labute approximate surface area is 89.6 Å². The summed E-state index contributed by atoms with van der Waals surface area (Å²) in [7, 11) is 0. The fourth-order valence-electron chi connectivity index (χ4n) is 1.53. The molecule has 1 aromatic rings. The highest BCUT2D eigenvalue weighted by Gasteiger charge is 2.17. The smallest absolute Gasteiger partial charge is 0.165 e. The van der Waals surface area contributed by atoms with Crippen molar-refractivity contribution in [3.05, 3.63) is 28.0 Å². The molecule has 14 heavy (non-hydrogen) atoms. The molecule has 0 bridgehead atoms. The second-order valence-corrected chi connectivity index (χ2v) is 4.12. The number of carbonyl (C=O) groups is 1. The molecule has 1 N–H and O–H groups in total. The molecule has 74 valence electrons. The lowest BCUT2D eigenvalue weighted by Crippen LogP contribution is -2.01. The maximum Gasteiger partial charge on any atom is 0.165 e. The standard InChI is InChI=1S/C10H9BrFNO/c11-7-4-6-9(5-8(7)12)13-3-1-2-10(6)14/h4-5,13H,1-3H2. The third-order valence-electron chi connectivity index (χ3n) is 2.26. The van der Waals surface area contributed by atoms with Crippen LogP contribution in [-0.4, -0.2) is 12.3 Å². The molecule has 0 aromatic heterocycles.